The predicted octanol–water partition coefficient (Wildman–Crippen LogP) is 2.19. The lowest BCUT2D eigenvalue weighted by molar-refractivity contribution is -0.142. The van der Waals surface area contributed by atoms with Crippen LogP contribution < -0.4 is 4.72 Å². The Balaban J connectivity index is 2.34. The third-order valence-electron chi connectivity index (χ3n) is 3.17. The van der Waals surface area contributed by atoms with Gasteiger partial charge in [-0.15, -0.1) is 0 Å². The maximum absolute atomic E-state index is 12.4. The van der Waals surface area contributed by atoms with Gasteiger partial charge in [-0.2, -0.15) is 4.72 Å². The standard InChI is InChI=1S/C16H17NO4S/c1-12-8-10-14(11-9-12)22(19,20)17-15(16(18)21-2)13-6-4-3-5-7-13/h3-11,15,17H,1-2H3/t15-/m0/s1. The van der Waals surface area contributed by atoms with E-state index in [1.54, 1.807) is 42.5 Å². The van der Waals surface area contributed by atoms with Gasteiger partial charge in [0.15, 0.2) is 0 Å². The van der Waals surface area contributed by atoms with Crippen LogP contribution in [0.25, 0.3) is 0 Å². The van der Waals surface area contributed by atoms with Crippen molar-refractivity contribution in [2.75, 3.05) is 7.11 Å². The zero-order valence-corrected chi connectivity index (χ0v) is 13.1. The molecule has 0 bridgehead atoms. The Morgan fingerprint density at radius 3 is 2.18 bits per heavy atom. The average Bonchev–Trinajstić information content (AvgIpc) is 2.53. The average molecular weight is 319 g/mol. The highest BCUT2D eigenvalue weighted by molar-refractivity contribution is 7.89. The van der Waals surface area contributed by atoms with Crippen molar-refractivity contribution in [1.29, 1.82) is 0 Å². The Hall–Kier alpha value is -2.18. The molecule has 2 aromatic rings. The van der Waals surface area contributed by atoms with E-state index in [4.69, 9.17) is 4.74 Å². The number of nitrogens with one attached hydrogen (secondary N) is 1. The molecule has 0 saturated carbocycles. The van der Waals surface area contributed by atoms with Crippen LogP contribution in [0, 0.1) is 6.92 Å². The number of hydrogen-bond acceptors (Lipinski definition) is 4. The summed E-state index contributed by atoms with van der Waals surface area (Å²) in [6, 6.07) is 13.9. The fourth-order valence-corrected chi connectivity index (χ4v) is 3.13. The minimum Gasteiger partial charge on any atom is -0.468 e. The summed E-state index contributed by atoms with van der Waals surface area (Å²) < 4.78 is 32.0. The molecule has 0 aliphatic heterocycles. The summed E-state index contributed by atoms with van der Waals surface area (Å²) in [6.07, 6.45) is 0. The fourth-order valence-electron chi connectivity index (χ4n) is 1.96. The molecule has 0 aliphatic carbocycles. The highest BCUT2D eigenvalue weighted by atomic mass is 32.2. The largest absolute Gasteiger partial charge is 0.468 e. The fraction of sp³-hybridized carbons (Fsp3) is 0.188. The number of hydrogen-bond donors (Lipinski definition) is 1. The molecule has 2 rings (SSSR count). The van der Waals surface area contributed by atoms with Crippen molar-refractivity contribution in [3.05, 3.63) is 65.7 Å². The summed E-state index contributed by atoms with van der Waals surface area (Å²) in [5.74, 6) is -0.665. The Bertz CT molecular complexity index is 739. The van der Waals surface area contributed by atoms with Crippen molar-refractivity contribution in [1.82, 2.24) is 4.72 Å². The molecule has 0 heterocycles. The van der Waals surface area contributed by atoms with Gasteiger partial charge in [-0.25, -0.2) is 13.2 Å². The lowest BCUT2D eigenvalue weighted by Crippen LogP contribution is -2.34. The summed E-state index contributed by atoms with van der Waals surface area (Å²) in [4.78, 5) is 12.0. The molecule has 0 spiro atoms. The normalized spacial score (nSPS) is 12.6. The Labute approximate surface area is 130 Å². The molecule has 6 heteroatoms. The zero-order chi connectivity index (χ0) is 16.2. The maximum Gasteiger partial charge on any atom is 0.328 e. The van der Waals surface area contributed by atoms with Crippen LogP contribution in [0.5, 0.6) is 0 Å². The van der Waals surface area contributed by atoms with Crippen LogP contribution in [-0.4, -0.2) is 21.5 Å². The molecule has 5 nitrogen and oxygen atoms in total. The summed E-state index contributed by atoms with van der Waals surface area (Å²) in [7, 11) is -2.61. The minimum absolute atomic E-state index is 0.0999. The predicted molar refractivity (Wildman–Crippen MR) is 82.7 cm³/mol. The SMILES string of the molecule is COC(=O)[C@@H](NS(=O)(=O)c1ccc(C)cc1)c1ccccc1. The van der Waals surface area contributed by atoms with E-state index in [9.17, 15) is 13.2 Å². The van der Waals surface area contributed by atoms with Gasteiger partial charge in [0.2, 0.25) is 10.0 Å². The van der Waals surface area contributed by atoms with E-state index in [0.717, 1.165) is 5.56 Å². The molecule has 0 amide bonds. The van der Waals surface area contributed by atoms with Crippen LogP contribution in [0.4, 0.5) is 0 Å². The van der Waals surface area contributed by atoms with Crippen LogP contribution in [0.3, 0.4) is 0 Å². The summed E-state index contributed by atoms with van der Waals surface area (Å²) >= 11 is 0. The van der Waals surface area contributed by atoms with Crippen molar-refractivity contribution in [3.63, 3.8) is 0 Å². The number of esters is 1. The molecule has 116 valence electrons. The van der Waals surface area contributed by atoms with E-state index in [-0.39, 0.29) is 4.90 Å². The van der Waals surface area contributed by atoms with Crippen molar-refractivity contribution in [3.8, 4) is 0 Å². The molecule has 0 aromatic heterocycles. The summed E-state index contributed by atoms with van der Waals surface area (Å²) in [6.45, 7) is 1.87. The van der Waals surface area contributed by atoms with Gasteiger partial charge >= 0.3 is 5.97 Å². The molecular weight excluding hydrogens is 302 g/mol. The molecule has 0 aliphatic rings. The molecule has 1 atom stereocenters. The third kappa shape index (κ3) is 3.72. The van der Waals surface area contributed by atoms with Gasteiger partial charge in [-0.3, -0.25) is 0 Å². The number of methoxy groups -OCH3 is 1. The van der Waals surface area contributed by atoms with Crippen LogP contribution in [0.2, 0.25) is 0 Å². The first-order valence-corrected chi connectivity index (χ1v) is 8.14. The van der Waals surface area contributed by atoms with Crippen molar-refractivity contribution < 1.29 is 17.9 Å². The second kappa shape index (κ2) is 6.72. The molecule has 2 aromatic carbocycles. The molecular formula is C16H17NO4S. The van der Waals surface area contributed by atoms with Crippen molar-refractivity contribution >= 4 is 16.0 Å². The Kier molecular flexibility index (Phi) is 4.95. The third-order valence-corrected chi connectivity index (χ3v) is 4.61. The van der Waals surface area contributed by atoms with Crippen LogP contribution >= 0.6 is 0 Å². The highest BCUT2D eigenvalue weighted by Gasteiger charge is 2.27. The monoisotopic (exact) mass is 319 g/mol. The first-order valence-electron chi connectivity index (χ1n) is 6.66. The van der Waals surface area contributed by atoms with Gasteiger partial charge < -0.3 is 4.74 Å². The van der Waals surface area contributed by atoms with Crippen molar-refractivity contribution in [2.45, 2.75) is 17.9 Å². The van der Waals surface area contributed by atoms with Gasteiger partial charge in [0.1, 0.15) is 6.04 Å². The van der Waals surface area contributed by atoms with Gasteiger partial charge in [0.25, 0.3) is 0 Å². The van der Waals surface area contributed by atoms with E-state index < -0.39 is 22.0 Å². The number of ether oxygens (including phenoxy) is 1. The van der Waals surface area contributed by atoms with Gasteiger partial charge in [-0.05, 0) is 24.6 Å². The van der Waals surface area contributed by atoms with E-state index >= 15 is 0 Å². The lowest BCUT2D eigenvalue weighted by atomic mass is 10.1. The van der Waals surface area contributed by atoms with Gasteiger partial charge in [0, 0.05) is 0 Å². The van der Waals surface area contributed by atoms with Gasteiger partial charge in [-0.1, -0.05) is 48.0 Å². The van der Waals surface area contributed by atoms with E-state index in [1.165, 1.54) is 19.2 Å². The number of carbonyl (C=O) groups excluding carboxylic acids is 1. The smallest absolute Gasteiger partial charge is 0.328 e. The van der Waals surface area contributed by atoms with Crippen LogP contribution in [0.1, 0.15) is 17.2 Å². The Morgan fingerprint density at radius 1 is 1.05 bits per heavy atom. The number of carbonyl (C=O) groups is 1. The number of rotatable bonds is 5. The lowest BCUT2D eigenvalue weighted by Gasteiger charge is -2.17. The van der Waals surface area contributed by atoms with E-state index in [2.05, 4.69) is 4.72 Å². The molecule has 1 N–H and O–H groups in total. The second-order valence-corrected chi connectivity index (χ2v) is 6.52. The number of sulfonamides is 1. The highest BCUT2D eigenvalue weighted by Crippen LogP contribution is 2.19. The van der Waals surface area contributed by atoms with E-state index in [1.807, 2.05) is 6.92 Å². The number of aryl methyl sites for hydroxylation is 1. The topological polar surface area (TPSA) is 72.5 Å². The first-order chi connectivity index (χ1) is 10.4. The molecule has 0 fully saturated rings. The Morgan fingerprint density at radius 2 is 1.64 bits per heavy atom. The quantitative estimate of drug-likeness (QED) is 0.858. The number of benzene rings is 2. The molecule has 22 heavy (non-hydrogen) atoms. The second-order valence-electron chi connectivity index (χ2n) is 4.80. The molecule has 0 saturated heterocycles. The maximum atomic E-state index is 12.4. The van der Waals surface area contributed by atoms with Crippen molar-refractivity contribution in [2.24, 2.45) is 0 Å². The minimum atomic E-state index is -3.83. The first kappa shape index (κ1) is 16.2. The van der Waals surface area contributed by atoms with Crippen LogP contribution in [0.15, 0.2) is 59.5 Å². The van der Waals surface area contributed by atoms with Crippen LogP contribution in [-0.2, 0) is 19.6 Å². The van der Waals surface area contributed by atoms with Gasteiger partial charge in [0.05, 0.1) is 12.0 Å². The molecule has 0 unspecified atom stereocenters. The molecule has 0 radical (unpaired) electrons. The zero-order valence-electron chi connectivity index (χ0n) is 12.3. The van der Waals surface area contributed by atoms with E-state index in [0.29, 0.717) is 5.56 Å². The summed E-state index contributed by atoms with van der Waals surface area (Å²) in [5, 5.41) is 0. The summed E-state index contributed by atoms with van der Waals surface area (Å²) in [5.41, 5.74) is 1.47.